The van der Waals surface area contributed by atoms with Crippen LogP contribution in [0, 0.1) is 0 Å². The zero-order chi connectivity index (χ0) is 12.7. The largest absolute Gasteiger partial charge is 0.508 e. The number of phenolic OH excluding ortho intramolecular Hbond substituents is 1. The van der Waals surface area contributed by atoms with Gasteiger partial charge >= 0.3 is 0 Å². The lowest BCUT2D eigenvalue weighted by atomic mass is 10.1. The molecule has 0 unspecified atom stereocenters. The Labute approximate surface area is 99.6 Å². The molecule has 5 nitrogen and oxygen atoms in total. The Kier molecular flexibility index (Phi) is 5.16. The molecule has 1 amide bonds. The Morgan fingerprint density at radius 3 is 2.65 bits per heavy atom. The van der Waals surface area contributed by atoms with Gasteiger partial charge in [0.1, 0.15) is 12.0 Å². The minimum Gasteiger partial charge on any atom is -0.508 e. The Morgan fingerprint density at radius 2 is 2.06 bits per heavy atom. The number of carbonyl (C=O) groups is 2. The highest BCUT2D eigenvalue weighted by Gasteiger charge is 2.13. The molecule has 1 atom stereocenters. The molecule has 0 saturated carbocycles. The van der Waals surface area contributed by atoms with Crippen molar-refractivity contribution in [3.8, 4) is 5.75 Å². The van der Waals surface area contributed by atoms with Crippen molar-refractivity contribution in [3.63, 3.8) is 0 Å². The highest BCUT2D eigenvalue weighted by molar-refractivity contribution is 5.81. The number of phenols is 1. The second kappa shape index (κ2) is 6.65. The first-order valence-electron chi connectivity index (χ1n) is 5.38. The molecular formula is C12H16N2O3. The van der Waals surface area contributed by atoms with Crippen LogP contribution in [0.3, 0.4) is 0 Å². The third-order valence-electron chi connectivity index (χ3n) is 2.29. The summed E-state index contributed by atoms with van der Waals surface area (Å²) in [5, 5.41) is 11.7. The summed E-state index contributed by atoms with van der Waals surface area (Å²) in [5.74, 6) is -0.0994. The molecule has 1 aromatic rings. The predicted molar refractivity (Wildman–Crippen MR) is 63.5 cm³/mol. The molecule has 0 aromatic heterocycles. The lowest BCUT2D eigenvalue weighted by molar-refractivity contribution is -0.122. The molecule has 0 radical (unpaired) electrons. The lowest BCUT2D eigenvalue weighted by Gasteiger charge is -2.11. The fourth-order valence-corrected chi connectivity index (χ4v) is 1.36. The van der Waals surface area contributed by atoms with Crippen LogP contribution in [0.5, 0.6) is 5.75 Å². The quantitative estimate of drug-likeness (QED) is 0.477. The van der Waals surface area contributed by atoms with Gasteiger partial charge in [0.15, 0.2) is 0 Å². The van der Waals surface area contributed by atoms with Crippen LogP contribution < -0.4 is 11.1 Å². The van der Waals surface area contributed by atoms with Crippen LogP contribution in [0.1, 0.15) is 12.0 Å². The van der Waals surface area contributed by atoms with Crippen molar-refractivity contribution >= 4 is 12.2 Å². The van der Waals surface area contributed by atoms with E-state index in [2.05, 4.69) is 5.32 Å². The van der Waals surface area contributed by atoms with Crippen molar-refractivity contribution in [1.82, 2.24) is 5.32 Å². The van der Waals surface area contributed by atoms with Gasteiger partial charge < -0.3 is 21.0 Å². The van der Waals surface area contributed by atoms with Gasteiger partial charge in [-0.3, -0.25) is 4.79 Å². The molecule has 0 fully saturated rings. The van der Waals surface area contributed by atoms with E-state index in [0.717, 1.165) is 11.8 Å². The summed E-state index contributed by atoms with van der Waals surface area (Å²) < 4.78 is 0. The van der Waals surface area contributed by atoms with Crippen LogP contribution >= 0.6 is 0 Å². The summed E-state index contributed by atoms with van der Waals surface area (Å²) in [5.41, 5.74) is 6.58. The molecule has 92 valence electrons. The summed E-state index contributed by atoms with van der Waals surface area (Å²) in [6, 6.07) is 5.88. The second-order valence-electron chi connectivity index (χ2n) is 3.72. The Morgan fingerprint density at radius 1 is 1.41 bits per heavy atom. The van der Waals surface area contributed by atoms with Crippen LogP contribution in [0.2, 0.25) is 0 Å². The summed E-state index contributed by atoms with van der Waals surface area (Å²) in [4.78, 5) is 21.6. The average Bonchev–Trinajstić information content (AvgIpc) is 2.32. The lowest BCUT2D eigenvalue weighted by Crippen LogP contribution is -2.42. The number of hydrogen-bond acceptors (Lipinski definition) is 4. The molecule has 0 saturated heterocycles. The minimum atomic E-state index is -0.647. The van der Waals surface area contributed by atoms with E-state index in [1.165, 1.54) is 0 Å². The number of carbonyl (C=O) groups excluding carboxylic acids is 2. The molecule has 0 aliphatic carbocycles. The molecule has 1 aromatic carbocycles. The SMILES string of the molecule is N[C@H](Cc1ccc(O)cc1)C(=O)NCCC=O. The van der Waals surface area contributed by atoms with Gasteiger partial charge in [0.25, 0.3) is 0 Å². The maximum atomic E-state index is 11.5. The van der Waals surface area contributed by atoms with Gasteiger partial charge in [-0.1, -0.05) is 12.1 Å². The smallest absolute Gasteiger partial charge is 0.237 e. The first-order chi connectivity index (χ1) is 8.13. The standard InChI is InChI=1S/C12H16N2O3/c13-11(12(17)14-6-1-7-15)8-9-2-4-10(16)5-3-9/h2-5,7,11,16H,1,6,8,13H2,(H,14,17)/t11-/m1/s1. The van der Waals surface area contributed by atoms with E-state index in [1.807, 2.05) is 0 Å². The molecule has 0 spiro atoms. The van der Waals surface area contributed by atoms with Gasteiger partial charge in [-0.2, -0.15) is 0 Å². The first kappa shape index (κ1) is 13.2. The summed E-state index contributed by atoms with van der Waals surface area (Å²) >= 11 is 0. The van der Waals surface area contributed by atoms with Crippen LogP contribution in [0.15, 0.2) is 24.3 Å². The van der Waals surface area contributed by atoms with Crippen LogP contribution in [-0.4, -0.2) is 29.9 Å². The Hall–Kier alpha value is -1.88. The van der Waals surface area contributed by atoms with E-state index in [9.17, 15) is 9.59 Å². The Balaban J connectivity index is 2.42. The number of rotatable bonds is 6. The zero-order valence-corrected chi connectivity index (χ0v) is 9.43. The predicted octanol–water partition coefficient (Wildman–Crippen LogP) is -0.0328. The normalized spacial score (nSPS) is 11.8. The molecule has 17 heavy (non-hydrogen) atoms. The van der Waals surface area contributed by atoms with Crippen LogP contribution in [0.25, 0.3) is 0 Å². The van der Waals surface area contributed by atoms with E-state index in [0.29, 0.717) is 13.0 Å². The fourth-order valence-electron chi connectivity index (χ4n) is 1.36. The summed E-state index contributed by atoms with van der Waals surface area (Å²) in [6.07, 6.45) is 1.43. The topological polar surface area (TPSA) is 92.4 Å². The van der Waals surface area contributed by atoms with E-state index >= 15 is 0 Å². The maximum Gasteiger partial charge on any atom is 0.237 e. The molecule has 5 heteroatoms. The van der Waals surface area contributed by atoms with Crippen molar-refractivity contribution in [2.45, 2.75) is 18.9 Å². The van der Waals surface area contributed by atoms with Gasteiger partial charge in [-0.25, -0.2) is 0 Å². The van der Waals surface area contributed by atoms with Crippen molar-refractivity contribution < 1.29 is 14.7 Å². The van der Waals surface area contributed by atoms with Gasteiger partial charge in [-0.05, 0) is 24.1 Å². The highest BCUT2D eigenvalue weighted by Crippen LogP contribution is 2.10. The highest BCUT2D eigenvalue weighted by atomic mass is 16.3. The third kappa shape index (κ3) is 4.65. The van der Waals surface area contributed by atoms with Crippen LogP contribution in [0.4, 0.5) is 0 Å². The zero-order valence-electron chi connectivity index (χ0n) is 9.43. The number of nitrogens with two attached hydrogens (primary N) is 1. The minimum absolute atomic E-state index is 0.178. The Bertz CT molecular complexity index is 376. The number of aromatic hydroxyl groups is 1. The fraction of sp³-hybridized carbons (Fsp3) is 0.333. The number of amides is 1. The number of aldehydes is 1. The second-order valence-corrected chi connectivity index (χ2v) is 3.72. The van der Waals surface area contributed by atoms with Crippen molar-refractivity contribution in [2.24, 2.45) is 5.73 Å². The molecular weight excluding hydrogens is 220 g/mol. The van der Waals surface area contributed by atoms with Crippen molar-refractivity contribution in [1.29, 1.82) is 0 Å². The average molecular weight is 236 g/mol. The molecule has 4 N–H and O–H groups in total. The van der Waals surface area contributed by atoms with E-state index < -0.39 is 6.04 Å². The number of hydrogen-bond donors (Lipinski definition) is 3. The first-order valence-corrected chi connectivity index (χ1v) is 5.38. The monoisotopic (exact) mass is 236 g/mol. The van der Waals surface area contributed by atoms with Crippen molar-refractivity contribution in [3.05, 3.63) is 29.8 Å². The van der Waals surface area contributed by atoms with E-state index in [4.69, 9.17) is 10.8 Å². The molecule has 0 aliphatic heterocycles. The van der Waals surface area contributed by atoms with Gasteiger partial charge in [-0.15, -0.1) is 0 Å². The number of benzene rings is 1. The third-order valence-corrected chi connectivity index (χ3v) is 2.29. The maximum absolute atomic E-state index is 11.5. The molecule has 0 heterocycles. The molecule has 0 bridgehead atoms. The van der Waals surface area contributed by atoms with Crippen LogP contribution in [-0.2, 0) is 16.0 Å². The summed E-state index contributed by atoms with van der Waals surface area (Å²) in [6.45, 7) is 0.311. The van der Waals surface area contributed by atoms with E-state index in [-0.39, 0.29) is 18.1 Å². The molecule has 1 rings (SSSR count). The van der Waals surface area contributed by atoms with E-state index in [1.54, 1.807) is 24.3 Å². The number of nitrogens with one attached hydrogen (secondary N) is 1. The van der Waals surface area contributed by atoms with Gasteiger partial charge in [0.05, 0.1) is 6.04 Å². The summed E-state index contributed by atoms with van der Waals surface area (Å²) in [7, 11) is 0. The van der Waals surface area contributed by atoms with Gasteiger partial charge in [0.2, 0.25) is 5.91 Å². The van der Waals surface area contributed by atoms with Gasteiger partial charge in [0, 0.05) is 13.0 Å². The van der Waals surface area contributed by atoms with Crippen molar-refractivity contribution in [2.75, 3.05) is 6.54 Å². The molecule has 0 aliphatic rings.